The number of benzene rings is 1. The summed E-state index contributed by atoms with van der Waals surface area (Å²) < 4.78 is 0. The molecule has 0 aliphatic heterocycles. The van der Waals surface area contributed by atoms with E-state index in [4.69, 9.17) is 5.73 Å². The minimum absolute atomic E-state index is 0.241. The Morgan fingerprint density at radius 3 is 2.44 bits per heavy atom. The largest absolute Gasteiger partial charge is 0.328 e. The molecule has 0 saturated heterocycles. The summed E-state index contributed by atoms with van der Waals surface area (Å²) in [7, 11) is 0. The minimum Gasteiger partial charge on any atom is -0.328 e. The van der Waals surface area contributed by atoms with Crippen molar-refractivity contribution in [3.63, 3.8) is 0 Å². The molecule has 4 heteroatoms. The Morgan fingerprint density at radius 2 is 1.89 bits per heavy atom. The van der Waals surface area contributed by atoms with E-state index in [2.05, 4.69) is 24.3 Å². The quantitative estimate of drug-likeness (QED) is 0.614. The molecule has 2 atom stereocenters. The number of nitrogens with two attached hydrogens (primary N) is 1. The number of imide groups is 1. The zero-order chi connectivity index (χ0) is 20.0. The van der Waals surface area contributed by atoms with E-state index in [-0.39, 0.29) is 24.4 Å². The number of allylic oxidation sites excluding steroid dienone is 2. The number of carbonyl (C=O) groups excluding carboxylic acids is 2. The van der Waals surface area contributed by atoms with E-state index >= 15 is 0 Å². The summed E-state index contributed by atoms with van der Waals surface area (Å²) in [4.78, 5) is 26.8. The van der Waals surface area contributed by atoms with Gasteiger partial charge in [-0.3, -0.25) is 14.5 Å². The van der Waals surface area contributed by atoms with Crippen molar-refractivity contribution in [1.29, 1.82) is 0 Å². The van der Waals surface area contributed by atoms with Crippen LogP contribution in [-0.4, -0.2) is 29.3 Å². The van der Waals surface area contributed by atoms with Gasteiger partial charge in [0.05, 0.1) is 6.04 Å². The molecule has 1 aromatic rings. The second-order valence-electron chi connectivity index (χ2n) is 7.61. The fraction of sp³-hybridized carbons (Fsp3) is 0.478. The maximum Gasteiger partial charge on any atom is 0.260 e. The molecule has 2 N–H and O–H groups in total. The average Bonchev–Trinajstić information content (AvgIpc) is 2.64. The molecular formula is C23H32N2O2. The van der Waals surface area contributed by atoms with Crippen molar-refractivity contribution < 1.29 is 9.59 Å². The van der Waals surface area contributed by atoms with E-state index in [1.165, 1.54) is 23.0 Å². The van der Waals surface area contributed by atoms with Gasteiger partial charge in [0.2, 0.25) is 5.91 Å². The monoisotopic (exact) mass is 368 g/mol. The average molecular weight is 369 g/mol. The molecule has 2 amide bonds. The number of fused-ring (bicyclic) bond motifs is 1. The summed E-state index contributed by atoms with van der Waals surface area (Å²) in [5.74, 6) is -0.0536. The zero-order valence-electron chi connectivity index (χ0n) is 17.0. The third-order valence-electron chi connectivity index (χ3n) is 5.35. The SMILES string of the molecule is C/C=C\C(C(=O)N(C(C)=O)C(CN)CC1CCc2ccccc2C1)=C(C)C. The molecule has 2 rings (SSSR count). The molecule has 0 aromatic heterocycles. The molecule has 1 aromatic carbocycles. The summed E-state index contributed by atoms with van der Waals surface area (Å²) in [5.41, 5.74) is 10.3. The van der Waals surface area contributed by atoms with Crippen molar-refractivity contribution in [2.24, 2.45) is 11.7 Å². The maximum absolute atomic E-state index is 13.1. The van der Waals surface area contributed by atoms with E-state index in [0.29, 0.717) is 11.5 Å². The summed E-state index contributed by atoms with van der Waals surface area (Å²) in [6, 6.07) is 8.26. The van der Waals surface area contributed by atoms with Gasteiger partial charge in [0.25, 0.3) is 5.91 Å². The molecule has 27 heavy (non-hydrogen) atoms. The lowest BCUT2D eigenvalue weighted by Gasteiger charge is -2.33. The molecule has 0 saturated carbocycles. The van der Waals surface area contributed by atoms with Crippen molar-refractivity contribution in [2.45, 2.75) is 59.4 Å². The minimum atomic E-state index is -0.273. The van der Waals surface area contributed by atoms with E-state index < -0.39 is 0 Å². The molecule has 0 heterocycles. The van der Waals surface area contributed by atoms with Gasteiger partial charge in [-0.2, -0.15) is 0 Å². The van der Waals surface area contributed by atoms with Crippen LogP contribution >= 0.6 is 0 Å². The highest BCUT2D eigenvalue weighted by Gasteiger charge is 2.31. The molecule has 4 nitrogen and oxygen atoms in total. The number of amides is 2. The smallest absolute Gasteiger partial charge is 0.260 e. The summed E-state index contributed by atoms with van der Waals surface area (Å²) in [6.07, 6.45) is 7.45. The Hall–Kier alpha value is -2.20. The highest BCUT2D eigenvalue weighted by Crippen LogP contribution is 2.29. The summed E-state index contributed by atoms with van der Waals surface area (Å²) in [5, 5.41) is 0. The van der Waals surface area contributed by atoms with Crippen molar-refractivity contribution in [1.82, 2.24) is 4.90 Å². The lowest BCUT2D eigenvalue weighted by atomic mass is 9.80. The molecule has 0 bridgehead atoms. The van der Waals surface area contributed by atoms with Crippen LogP contribution in [-0.2, 0) is 22.4 Å². The van der Waals surface area contributed by atoms with Crippen LogP contribution in [0.3, 0.4) is 0 Å². The maximum atomic E-state index is 13.1. The molecule has 2 unspecified atom stereocenters. The Balaban J connectivity index is 2.21. The van der Waals surface area contributed by atoms with Gasteiger partial charge in [-0.15, -0.1) is 0 Å². The van der Waals surface area contributed by atoms with Gasteiger partial charge in [-0.25, -0.2) is 0 Å². The van der Waals surface area contributed by atoms with E-state index in [9.17, 15) is 9.59 Å². The number of hydrogen-bond acceptors (Lipinski definition) is 3. The van der Waals surface area contributed by atoms with Gasteiger partial charge in [-0.1, -0.05) is 42.0 Å². The first-order valence-electron chi connectivity index (χ1n) is 9.80. The van der Waals surface area contributed by atoms with Gasteiger partial charge >= 0.3 is 0 Å². The standard InChI is InChI=1S/C23H32N2O2/c1-5-8-22(16(2)3)23(27)25(17(4)26)21(15-24)14-18-11-12-19-9-6-7-10-20(19)13-18/h5-10,18,21H,11-15,24H2,1-4H3/b8-5-. The summed E-state index contributed by atoms with van der Waals surface area (Å²) in [6.45, 7) is 7.39. The first-order valence-corrected chi connectivity index (χ1v) is 9.80. The number of carbonyl (C=O) groups is 2. The Labute approximate surface area is 163 Å². The predicted octanol–water partition coefficient (Wildman–Crippen LogP) is 3.80. The predicted molar refractivity (Wildman–Crippen MR) is 110 cm³/mol. The fourth-order valence-electron chi connectivity index (χ4n) is 3.98. The van der Waals surface area contributed by atoms with Crippen molar-refractivity contribution in [3.05, 3.63) is 58.7 Å². The number of hydrogen-bond donors (Lipinski definition) is 1. The van der Waals surface area contributed by atoms with Crippen LogP contribution < -0.4 is 5.73 Å². The van der Waals surface area contributed by atoms with Crippen LogP contribution in [0.15, 0.2) is 47.6 Å². The Morgan fingerprint density at radius 1 is 1.22 bits per heavy atom. The molecule has 0 radical (unpaired) electrons. The molecule has 146 valence electrons. The van der Waals surface area contributed by atoms with E-state index in [1.807, 2.05) is 26.8 Å². The van der Waals surface area contributed by atoms with Crippen molar-refractivity contribution >= 4 is 11.8 Å². The molecule has 1 aliphatic rings. The Bertz CT molecular complexity index is 745. The van der Waals surface area contributed by atoms with Crippen LogP contribution in [0, 0.1) is 5.92 Å². The second kappa shape index (κ2) is 9.65. The number of nitrogens with zero attached hydrogens (tertiary/aromatic N) is 1. The van der Waals surface area contributed by atoms with Crippen LogP contribution in [0.2, 0.25) is 0 Å². The normalized spacial score (nSPS) is 17.3. The Kier molecular flexibility index (Phi) is 7.55. The number of aryl methyl sites for hydroxylation is 1. The third-order valence-corrected chi connectivity index (χ3v) is 5.35. The molecule has 0 spiro atoms. The zero-order valence-corrected chi connectivity index (χ0v) is 17.0. The highest BCUT2D eigenvalue weighted by atomic mass is 16.2. The van der Waals surface area contributed by atoms with Crippen molar-refractivity contribution in [3.8, 4) is 0 Å². The van der Waals surface area contributed by atoms with Gasteiger partial charge in [0.15, 0.2) is 0 Å². The molecule has 0 fully saturated rings. The first kappa shape index (κ1) is 21.1. The third kappa shape index (κ3) is 5.16. The number of rotatable bonds is 6. The van der Waals surface area contributed by atoms with Gasteiger partial charge in [-0.05, 0) is 63.5 Å². The summed E-state index contributed by atoms with van der Waals surface area (Å²) >= 11 is 0. The lowest BCUT2D eigenvalue weighted by Crippen LogP contribution is -2.49. The molecular weight excluding hydrogens is 336 g/mol. The van der Waals surface area contributed by atoms with Crippen molar-refractivity contribution in [2.75, 3.05) is 6.54 Å². The van der Waals surface area contributed by atoms with E-state index in [1.54, 1.807) is 6.08 Å². The topological polar surface area (TPSA) is 63.4 Å². The fourth-order valence-corrected chi connectivity index (χ4v) is 3.98. The van der Waals surface area contributed by atoms with Crippen LogP contribution in [0.1, 0.15) is 51.7 Å². The van der Waals surface area contributed by atoms with Gasteiger partial charge < -0.3 is 5.73 Å². The van der Waals surface area contributed by atoms with Crippen LogP contribution in [0.25, 0.3) is 0 Å². The highest BCUT2D eigenvalue weighted by molar-refractivity contribution is 6.06. The van der Waals surface area contributed by atoms with Crippen LogP contribution in [0.4, 0.5) is 0 Å². The van der Waals surface area contributed by atoms with Crippen LogP contribution in [0.5, 0.6) is 0 Å². The lowest BCUT2D eigenvalue weighted by molar-refractivity contribution is -0.143. The van der Waals surface area contributed by atoms with Gasteiger partial charge in [0, 0.05) is 19.0 Å². The van der Waals surface area contributed by atoms with E-state index in [0.717, 1.165) is 31.3 Å². The first-order chi connectivity index (χ1) is 12.9. The second-order valence-corrected chi connectivity index (χ2v) is 7.61. The molecule has 1 aliphatic carbocycles. The van der Waals surface area contributed by atoms with Gasteiger partial charge in [0.1, 0.15) is 0 Å².